The summed E-state index contributed by atoms with van der Waals surface area (Å²) in [5, 5.41) is 10.1. The Labute approximate surface area is 94.9 Å². The van der Waals surface area contributed by atoms with Gasteiger partial charge in [-0.05, 0) is 48.9 Å². The Balaban J connectivity index is 2.18. The molecular weight excluding hydrogens is 196 g/mol. The van der Waals surface area contributed by atoms with Crippen LogP contribution in [0.25, 0.3) is 10.9 Å². The minimum atomic E-state index is 0.510. The maximum absolute atomic E-state index is 8.72. The van der Waals surface area contributed by atoms with Gasteiger partial charge in [0.1, 0.15) is 0 Å². The molecule has 3 rings (SSSR count). The highest BCUT2D eigenvalue weighted by atomic mass is 14.7. The normalized spacial score (nSPS) is 14.7. The monoisotopic (exact) mass is 210 g/mol. The number of hydrogen-bond acceptors (Lipinski definition) is 1. The molecule has 0 amide bonds. The molecule has 2 nitrogen and oxygen atoms in total. The fraction of sp³-hybridized carbons (Fsp3) is 0.357. The highest BCUT2D eigenvalue weighted by Gasteiger charge is 2.15. The van der Waals surface area contributed by atoms with Crippen LogP contribution in [0.5, 0.6) is 0 Å². The van der Waals surface area contributed by atoms with E-state index < -0.39 is 0 Å². The van der Waals surface area contributed by atoms with Gasteiger partial charge in [0.2, 0.25) is 0 Å². The molecule has 1 heterocycles. The molecule has 1 aliphatic rings. The van der Waals surface area contributed by atoms with Crippen LogP contribution in [-0.2, 0) is 19.3 Å². The van der Waals surface area contributed by atoms with Gasteiger partial charge in [-0.15, -0.1) is 0 Å². The molecule has 1 aromatic carbocycles. The number of aryl methyl sites for hydroxylation is 2. The molecule has 2 heteroatoms. The summed E-state index contributed by atoms with van der Waals surface area (Å²) in [5.41, 5.74) is 5.26. The van der Waals surface area contributed by atoms with Crippen LogP contribution in [0.2, 0.25) is 0 Å². The molecular formula is C14H14N2. The van der Waals surface area contributed by atoms with E-state index in [1.165, 1.54) is 47.8 Å². The van der Waals surface area contributed by atoms with E-state index in [1.54, 1.807) is 0 Å². The van der Waals surface area contributed by atoms with Crippen molar-refractivity contribution in [1.82, 2.24) is 4.98 Å². The number of fused-ring (bicyclic) bond motifs is 3. The second-order valence-corrected chi connectivity index (χ2v) is 4.50. The third-order valence-corrected chi connectivity index (χ3v) is 3.45. The molecule has 80 valence electrons. The van der Waals surface area contributed by atoms with Crippen LogP contribution in [-0.4, -0.2) is 4.98 Å². The van der Waals surface area contributed by atoms with Crippen molar-refractivity contribution in [2.45, 2.75) is 32.1 Å². The third-order valence-electron chi connectivity index (χ3n) is 3.45. The molecule has 1 aliphatic carbocycles. The molecule has 0 unspecified atom stereocenters. The van der Waals surface area contributed by atoms with Gasteiger partial charge in [-0.25, -0.2) is 0 Å². The summed E-state index contributed by atoms with van der Waals surface area (Å²) in [5.74, 6) is 0. The predicted molar refractivity (Wildman–Crippen MR) is 64.3 cm³/mol. The number of aromatic amines is 1. The van der Waals surface area contributed by atoms with Crippen molar-refractivity contribution in [3.63, 3.8) is 0 Å². The van der Waals surface area contributed by atoms with Crippen LogP contribution in [0, 0.1) is 11.3 Å². The first-order chi connectivity index (χ1) is 7.88. The van der Waals surface area contributed by atoms with Crippen molar-refractivity contribution >= 4 is 10.9 Å². The second kappa shape index (κ2) is 3.68. The Bertz CT molecular complexity index is 572. The number of aromatic nitrogens is 1. The Hall–Kier alpha value is -1.75. The van der Waals surface area contributed by atoms with E-state index in [9.17, 15) is 0 Å². The van der Waals surface area contributed by atoms with E-state index >= 15 is 0 Å². The van der Waals surface area contributed by atoms with Crippen molar-refractivity contribution in [1.29, 1.82) is 5.26 Å². The van der Waals surface area contributed by atoms with E-state index in [1.807, 2.05) is 6.07 Å². The first kappa shape index (κ1) is 9.47. The number of rotatable bonds is 1. The highest BCUT2D eigenvalue weighted by molar-refractivity contribution is 5.85. The summed E-state index contributed by atoms with van der Waals surface area (Å²) >= 11 is 0. The average molecular weight is 210 g/mol. The van der Waals surface area contributed by atoms with Crippen LogP contribution in [0.15, 0.2) is 18.2 Å². The first-order valence-electron chi connectivity index (χ1n) is 5.88. The van der Waals surface area contributed by atoms with E-state index in [-0.39, 0.29) is 0 Å². The Morgan fingerprint density at radius 3 is 3.00 bits per heavy atom. The third kappa shape index (κ3) is 1.40. The molecule has 0 radical (unpaired) electrons. The number of nitrogens with one attached hydrogen (secondary N) is 1. The first-order valence-corrected chi connectivity index (χ1v) is 5.88. The topological polar surface area (TPSA) is 39.6 Å². The van der Waals surface area contributed by atoms with Crippen LogP contribution in [0.4, 0.5) is 0 Å². The Kier molecular flexibility index (Phi) is 2.18. The Morgan fingerprint density at radius 1 is 1.25 bits per heavy atom. The van der Waals surface area contributed by atoms with Gasteiger partial charge in [0, 0.05) is 16.6 Å². The molecule has 2 aromatic rings. The Morgan fingerprint density at radius 2 is 2.12 bits per heavy atom. The number of benzene rings is 1. The fourth-order valence-corrected chi connectivity index (χ4v) is 2.65. The van der Waals surface area contributed by atoms with Crippen molar-refractivity contribution in [3.05, 3.63) is 35.0 Å². The quantitative estimate of drug-likeness (QED) is 0.771. The van der Waals surface area contributed by atoms with Crippen LogP contribution in [0.1, 0.15) is 29.7 Å². The summed E-state index contributed by atoms with van der Waals surface area (Å²) < 4.78 is 0. The van der Waals surface area contributed by atoms with Gasteiger partial charge >= 0.3 is 0 Å². The fourth-order valence-electron chi connectivity index (χ4n) is 2.65. The zero-order valence-electron chi connectivity index (χ0n) is 9.21. The van der Waals surface area contributed by atoms with E-state index in [4.69, 9.17) is 5.26 Å². The molecule has 16 heavy (non-hydrogen) atoms. The van der Waals surface area contributed by atoms with Crippen molar-refractivity contribution in [2.24, 2.45) is 0 Å². The molecule has 0 fully saturated rings. The summed E-state index contributed by atoms with van der Waals surface area (Å²) in [6.07, 6.45) is 5.46. The van der Waals surface area contributed by atoms with Gasteiger partial charge in [0.15, 0.2) is 0 Å². The summed E-state index contributed by atoms with van der Waals surface area (Å²) in [4.78, 5) is 3.50. The largest absolute Gasteiger partial charge is 0.358 e. The second-order valence-electron chi connectivity index (χ2n) is 4.50. The standard InChI is InChI=1S/C14H14N2/c15-8-7-10-5-6-14-12(9-10)11-3-1-2-4-13(11)16-14/h5-6,9,16H,1-4,7H2. The van der Waals surface area contributed by atoms with Crippen LogP contribution < -0.4 is 0 Å². The van der Waals surface area contributed by atoms with Gasteiger partial charge in [0.05, 0.1) is 12.5 Å². The van der Waals surface area contributed by atoms with Crippen LogP contribution in [0.3, 0.4) is 0 Å². The minimum absolute atomic E-state index is 0.510. The molecule has 0 aliphatic heterocycles. The van der Waals surface area contributed by atoms with E-state index in [2.05, 4.69) is 23.2 Å². The number of nitriles is 1. The van der Waals surface area contributed by atoms with Gasteiger partial charge in [-0.3, -0.25) is 0 Å². The average Bonchev–Trinajstić information content (AvgIpc) is 2.68. The van der Waals surface area contributed by atoms with Crippen molar-refractivity contribution in [2.75, 3.05) is 0 Å². The molecule has 1 aromatic heterocycles. The molecule has 0 bridgehead atoms. The predicted octanol–water partition coefficient (Wildman–Crippen LogP) is 3.11. The lowest BCUT2D eigenvalue weighted by Gasteiger charge is -2.10. The van der Waals surface area contributed by atoms with Crippen LogP contribution >= 0.6 is 0 Å². The zero-order chi connectivity index (χ0) is 11.0. The lowest BCUT2D eigenvalue weighted by atomic mass is 9.95. The van der Waals surface area contributed by atoms with Gasteiger partial charge in [-0.1, -0.05) is 6.07 Å². The van der Waals surface area contributed by atoms with Gasteiger partial charge in [0.25, 0.3) is 0 Å². The molecule has 0 atom stereocenters. The number of nitrogens with zero attached hydrogens (tertiary/aromatic N) is 1. The van der Waals surface area contributed by atoms with Gasteiger partial charge < -0.3 is 4.98 Å². The van der Waals surface area contributed by atoms with E-state index in [0.29, 0.717) is 6.42 Å². The smallest absolute Gasteiger partial charge is 0.0669 e. The van der Waals surface area contributed by atoms with Gasteiger partial charge in [-0.2, -0.15) is 5.26 Å². The minimum Gasteiger partial charge on any atom is -0.358 e. The lowest BCUT2D eigenvalue weighted by molar-refractivity contribution is 0.680. The molecule has 0 spiro atoms. The lowest BCUT2D eigenvalue weighted by Crippen LogP contribution is -2.00. The number of hydrogen-bond donors (Lipinski definition) is 1. The molecule has 0 saturated carbocycles. The summed E-state index contributed by atoms with van der Waals surface area (Å²) in [7, 11) is 0. The molecule has 0 saturated heterocycles. The maximum Gasteiger partial charge on any atom is 0.0669 e. The summed E-state index contributed by atoms with van der Waals surface area (Å²) in [6.45, 7) is 0. The molecule has 1 N–H and O–H groups in total. The highest BCUT2D eigenvalue weighted by Crippen LogP contribution is 2.29. The summed E-state index contributed by atoms with van der Waals surface area (Å²) in [6, 6.07) is 8.55. The number of H-pyrrole nitrogens is 1. The SMILES string of the molecule is N#CCc1ccc2[nH]c3c(c2c1)CCCC3. The zero-order valence-corrected chi connectivity index (χ0v) is 9.21. The van der Waals surface area contributed by atoms with Crippen molar-refractivity contribution in [3.8, 4) is 6.07 Å². The van der Waals surface area contributed by atoms with E-state index in [0.717, 1.165) is 5.56 Å². The maximum atomic E-state index is 8.72. The van der Waals surface area contributed by atoms with Crippen molar-refractivity contribution < 1.29 is 0 Å².